The molecule has 0 aliphatic carbocycles. The number of ether oxygens (including phenoxy) is 1. The smallest absolute Gasteiger partial charge is 0.256 e. The van der Waals surface area contributed by atoms with E-state index in [1.807, 2.05) is 4.90 Å². The molecule has 0 N–H and O–H groups in total. The molecule has 2 aliphatic heterocycles. The zero-order valence-electron chi connectivity index (χ0n) is 12.6. The van der Waals surface area contributed by atoms with Gasteiger partial charge in [-0.1, -0.05) is 23.2 Å². The molecular formula is C15H18Cl2N2O3S. The van der Waals surface area contributed by atoms with Crippen LogP contribution in [0.15, 0.2) is 6.07 Å². The third-order valence-corrected chi connectivity index (χ3v) is 5.76. The van der Waals surface area contributed by atoms with Gasteiger partial charge in [0, 0.05) is 26.2 Å². The normalized spacial score (nSPS) is 22.3. The molecule has 0 saturated carbocycles. The Kier molecular flexibility index (Phi) is 5.46. The summed E-state index contributed by atoms with van der Waals surface area (Å²) in [5, 5.41) is 0. The summed E-state index contributed by atoms with van der Waals surface area (Å²) < 4.78 is 6.19. The van der Waals surface area contributed by atoms with Crippen LogP contribution in [0.5, 0.6) is 0 Å². The second-order valence-electron chi connectivity index (χ2n) is 5.77. The van der Waals surface area contributed by atoms with Crippen molar-refractivity contribution >= 4 is 46.4 Å². The zero-order chi connectivity index (χ0) is 16.4. The number of morpholine rings is 1. The van der Waals surface area contributed by atoms with Gasteiger partial charge in [-0.15, -0.1) is 11.3 Å². The van der Waals surface area contributed by atoms with Crippen LogP contribution in [0.3, 0.4) is 0 Å². The van der Waals surface area contributed by atoms with Crippen LogP contribution in [0.25, 0.3) is 0 Å². The third kappa shape index (κ3) is 3.82. The standard InChI is InChI=1S/C15H18Cl2N2O3S/c16-12-8-11(13(17)23-12)15(21)19-3-1-2-10(9-19)14(20)18-4-6-22-7-5-18/h8,10H,1-7,9H2. The Morgan fingerprint density at radius 2 is 1.91 bits per heavy atom. The maximum atomic E-state index is 12.6. The number of thiophene rings is 1. The van der Waals surface area contributed by atoms with E-state index in [0.29, 0.717) is 53.6 Å². The first-order valence-corrected chi connectivity index (χ1v) is 9.24. The van der Waals surface area contributed by atoms with Gasteiger partial charge in [-0.3, -0.25) is 9.59 Å². The number of carbonyl (C=O) groups excluding carboxylic acids is 2. The van der Waals surface area contributed by atoms with Crippen LogP contribution in [-0.2, 0) is 9.53 Å². The molecule has 0 bridgehead atoms. The number of rotatable bonds is 2. The highest BCUT2D eigenvalue weighted by Gasteiger charge is 2.33. The predicted octanol–water partition coefficient (Wildman–Crippen LogP) is 2.77. The van der Waals surface area contributed by atoms with Crippen molar-refractivity contribution in [1.29, 1.82) is 0 Å². The van der Waals surface area contributed by atoms with Crippen LogP contribution < -0.4 is 0 Å². The van der Waals surface area contributed by atoms with Crippen LogP contribution in [0.4, 0.5) is 0 Å². The fraction of sp³-hybridized carbons (Fsp3) is 0.600. The van der Waals surface area contributed by atoms with Crippen molar-refractivity contribution in [2.75, 3.05) is 39.4 Å². The minimum Gasteiger partial charge on any atom is -0.378 e. The molecule has 1 unspecified atom stereocenters. The number of carbonyl (C=O) groups is 2. The molecule has 1 aromatic heterocycles. The minimum atomic E-state index is -0.141. The van der Waals surface area contributed by atoms with Crippen LogP contribution in [0.1, 0.15) is 23.2 Å². The molecule has 126 valence electrons. The summed E-state index contributed by atoms with van der Waals surface area (Å²) in [4.78, 5) is 28.8. The number of halogens is 2. The second-order valence-corrected chi connectivity index (χ2v) is 8.05. The average molecular weight is 377 g/mol. The average Bonchev–Trinajstić information content (AvgIpc) is 2.93. The van der Waals surface area contributed by atoms with Gasteiger partial charge >= 0.3 is 0 Å². The van der Waals surface area contributed by atoms with Gasteiger partial charge in [-0.2, -0.15) is 0 Å². The van der Waals surface area contributed by atoms with E-state index >= 15 is 0 Å². The van der Waals surface area contributed by atoms with Gasteiger partial charge in [0.15, 0.2) is 0 Å². The molecule has 0 spiro atoms. The number of likely N-dealkylation sites (tertiary alicyclic amines) is 1. The lowest BCUT2D eigenvalue weighted by molar-refractivity contribution is -0.141. The number of amides is 2. The maximum Gasteiger partial charge on any atom is 0.256 e. The van der Waals surface area contributed by atoms with E-state index in [1.54, 1.807) is 11.0 Å². The van der Waals surface area contributed by atoms with Crippen molar-refractivity contribution in [3.8, 4) is 0 Å². The highest BCUT2D eigenvalue weighted by molar-refractivity contribution is 7.20. The van der Waals surface area contributed by atoms with Crippen LogP contribution in [0.2, 0.25) is 8.67 Å². The Morgan fingerprint density at radius 1 is 1.17 bits per heavy atom. The molecule has 0 radical (unpaired) electrons. The van der Waals surface area contributed by atoms with Gasteiger partial charge in [0.25, 0.3) is 5.91 Å². The highest BCUT2D eigenvalue weighted by Crippen LogP contribution is 2.33. The predicted molar refractivity (Wildman–Crippen MR) is 90.4 cm³/mol. The summed E-state index contributed by atoms with van der Waals surface area (Å²) in [6, 6.07) is 1.60. The number of piperidine rings is 1. The van der Waals surface area contributed by atoms with Gasteiger partial charge in [-0.25, -0.2) is 0 Å². The lowest BCUT2D eigenvalue weighted by Crippen LogP contribution is -2.49. The van der Waals surface area contributed by atoms with Crippen LogP contribution >= 0.6 is 34.5 Å². The van der Waals surface area contributed by atoms with Crippen LogP contribution in [0, 0.1) is 5.92 Å². The first-order valence-electron chi connectivity index (χ1n) is 7.67. The topological polar surface area (TPSA) is 49.9 Å². The second kappa shape index (κ2) is 7.38. The molecule has 3 rings (SSSR count). The highest BCUT2D eigenvalue weighted by atomic mass is 35.5. The lowest BCUT2D eigenvalue weighted by Gasteiger charge is -2.36. The van der Waals surface area contributed by atoms with E-state index in [-0.39, 0.29) is 17.7 Å². The minimum absolute atomic E-state index is 0.125. The molecular weight excluding hydrogens is 359 g/mol. The van der Waals surface area contributed by atoms with Crippen molar-refractivity contribution in [2.24, 2.45) is 5.92 Å². The van der Waals surface area contributed by atoms with E-state index in [2.05, 4.69) is 0 Å². The summed E-state index contributed by atoms with van der Waals surface area (Å²) in [5.41, 5.74) is 0.432. The molecule has 5 nitrogen and oxygen atoms in total. The fourth-order valence-electron chi connectivity index (χ4n) is 3.06. The zero-order valence-corrected chi connectivity index (χ0v) is 14.9. The van der Waals surface area contributed by atoms with Gasteiger partial charge in [0.2, 0.25) is 5.91 Å². The fourth-order valence-corrected chi connectivity index (χ4v) is 4.51. The van der Waals surface area contributed by atoms with Crippen LogP contribution in [-0.4, -0.2) is 61.0 Å². The van der Waals surface area contributed by atoms with Gasteiger partial charge < -0.3 is 14.5 Å². The van der Waals surface area contributed by atoms with E-state index in [0.717, 1.165) is 12.8 Å². The molecule has 23 heavy (non-hydrogen) atoms. The van der Waals surface area contributed by atoms with E-state index in [4.69, 9.17) is 27.9 Å². The Hall–Kier alpha value is -0.820. The van der Waals surface area contributed by atoms with Crippen molar-refractivity contribution < 1.29 is 14.3 Å². The molecule has 1 aromatic rings. The summed E-state index contributed by atoms with van der Waals surface area (Å²) in [5.74, 6) is -0.156. The molecule has 0 aromatic carbocycles. The molecule has 2 fully saturated rings. The Morgan fingerprint density at radius 3 is 2.57 bits per heavy atom. The third-order valence-electron chi connectivity index (χ3n) is 4.27. The van der Waals surface area contributed by atoms with E-state index in [1.165, 1.54) is 11.3 Å². The van der Waals surface area contributed by atoms with Gasteiger partial charge in [-0.05, 0) is 18.9 Å². The molecule has 1 atom stereocenters. The number of hydrogen-bond acceptors (Lipinski definition) is 4. The number of nitrogens with zero attached hydrogens (tertiary/aromatic N) is 2. The molecule has 3 heterocycles. The summed E-state index contributed by atoms with van der Waals surface area (Å²) in [7, 11) is 0. The largest absolute Gasteiger partial charge is 0.378 e. The first-order chi connectivity index (χ1) is 11.1. The monoisotopic (exact) mass is 376 g/mol. The Labute approximate surface area is 149 Å². The van der Waals surface area contributed by atoms with Crippen molar-refractivity contribution in [3.63, 3.8) is 0 Å². The van der Waals surface area contributed by atoms with Crippen molar-refractivity contribution in [3.05, 3.63) is 20.3 Å². The SMILES string of the molecule is O=C(c1cc(Cl)sc1Cl)N1CCCC(C(=O)N2CCOCC2)C1. The maximum absolute atomic E-state index is 12.6. The van der Waals surface area contributed by atoms with Crippen molar-refractivity contribution in [1.82, 2.24) is 9.80 Å². The quantitative estimate of drug-likeness (QED) is 0.797. The number of hydrogen-bond donors (Lipinski definition) is 0. The summed E-state index contributed by atoms with van der Waals surface area (Å²) in [6.07, 6.45) is 1.64. The first kappa shape index (κ1) is 17.0. The van der Waals surface area contributed by atoms with Gasteiger partial charge in [0.05, 0.1) is 29.0 Å². The summed E-state index contributed by atoms with van der Waals surface area (Å²) in [6.45, 7) is 3.53. The molecule has 8 heteroatoms. The summed E-state index contributed by atoms with van der Waals surface area (Å²) >= 11 is 13.2. The van der Waals surface area contributed by atoms with E-state index < -0.39 is 0 Å². The van der Waals surface area contributed by atoms with E-state index in [9.17, 15) is 9.59 Å². The van der Waals surface area contributed by atoms with Gasteiger partial charge in [0.1, 0.15) is 4.34 Å². The molecule has 2 aliphatic rings. The Balaban J connectivity index is 1.66. The molecule has 2 amide bonds. The lowest BCUT2D eigenvalue weighted by atomic mass is 9.96. The van der Waals surface area contributed by atoms with Crippen molar-refractivity contribution in [2.45, 2.75) is 12.8 Å². The Bertz CT molecular complexity index is 602. The molecule has 2 saturated heterocycles.